The highest BCUT2D eigenvalue weighted by Crippen LogP contribution is 2.30. The maximum absolute atomic E-state index is 12.9. The van der Waals surface area contributed by atoms with Crippen LogP contribution in [0.2, 0.25) is 10.0 Å². The molecule has 9 heteroatoms. The number of hydrogen-bond donors (Lipinski definition) is 1. The van der Waals surface area contributed by atoms with Crippen molar-refractivity contribution < 1.29 is 19.1 Å². The van der Waals surface area contributed by atoms with Gasteiger partial charge < -0.3 is 24.6 Å². The Kier molecular flexibility index (Phi) is 9.37. The molecule has 0 aromatic heterocycles. The van der Waals surface area contributed by atoms with Crippen LogP contribution >= 0.6 is 23.2 Å². The van der Waals surface area contributed by atoms with Gasteiger partial charge in [-0.3, -0.25) is 9.59 Å². The zero-order chi connectivity index (χ0) is 27.1. The molecule has 0 radical (unpaired) electrons. The maximum Gasteiger partial charge on any atom is 0.262 e. The van der Waals surface area contributed by atoms with E-state index in [0.29, 0.717) is 59.8 Å². The SMILES string of the molecule is CCCOc1ccc(C(=O)N2CCN(c3ccc(NC(=O)COc4ccc(Cl)cc4C)cc3Cl)CC2)cc1. The minimum absolute atomic E-state index is 0.00635. The zero-order valence-corrected chi connectivity index (χ0v) is 23.0. The number of benzene rings is 3. The summed E-state index contributed by atoms with van der Waals surface area (Å²) in [6, 6.07) is 18.0. The zero-order valence-electron chi connectivity index (χ0n) is 21.5. The van der Waals surface area contributed by atoms with Gasteiger partial charge in [0.2, 0.25) is 0 Å². The highest BCUT2D eigenvalue weighted by atomic mass is 35.5. The molecule has 1 aliphatic heterocycles. The number of nitrogens with zero attached hydrogens (tertiary/aromatic N) is 2. The van der Waals surface area contributed by atoms with Gasteiger partial charge in [0.25, 0.3) is 11.8 Å². The van der Waals surface area contributed by atoms with Crippen molar-refractivity contribution in [2.75, 3.05) is 49.6 Å². The molecule has 200 valence electrons. The topological polar surface area (TPSA) is 71.1 Å². The molecule has 1 aliphatic rings. The number of carbonyl (C=O) groups is 2. The summed E-state index contributed by atoms with van der Waals surface area (Å²) < 4.78 is 11.2. The molecule has 1 fully saturated rings. The van der Waals surface area contributed by atoms with Gasteiger partial charge in [-0.2, -0.15) is 0 Å². The molecule has 0 atom stereocenters. The van der Waals surface area contributed by atoms with Crippen molar-refractivity contribution in [3.8, 4) is 11.5 Å². The van der Waals surface area contributed by atoms with Crippen LogP contribution in [0.5, 0.6) is 11.5 Å². The molecule has 0 spiro atoms. The number of halogens is 2. The van der Waals surface area contributed by atoms with Crippen molar-refractivity contribution >= 4 is 46.4 Å². The fraction of sp³-hybridized carbons (Fsp3) is 0.310. The van der Waals surface area contributed by atoms with Crippen LogP contribution in [-0.4, -0.2) is 56.1 Å². The summed E-state index contributed by atoms with van der Waals surface area (Å²) in [6.45, 7) is 6.93. The molecule has 0 aliphatic carbocycles. The molecule has 3 aromatic carbocycles. The van der Waals surface area contributed by atoms with Gasteiger partial charge in [0.15, 0.2) is 6.61 Å². The smallest absolute Gasteiger partial charge is 0.262 e. The predicted molar refractivity (Wildman–Crippen MR) is 152 cm³/mol. The van der Waals surface area contributed by atoms with Crippen molar-refractivity contribution in [1.29, 1.82) is 0 Å². The molecular formula is C29H31Cl2N3O4. The quantitative estimate of drug-likeness (QED) is 0.347. The number of amides is 2. The summed E-state index contributed by atoms with van der Waals surface area (Å²) in [5.41, 5.74) is 2.95. The Morgan fingerprint density at radius 1 is 0.921 bits per heavy atom. The van der Waals surface area contributed by atoms with E-state index < -0.39 is 0 Å². The molecular weight excluding hydrogens is 525 g/mol. The number of piperazine rings is 1. The van der Waals surface area contributed by atoms with Crippen molar-refractivity contribution in [2.24, 2.45) is 0 Å². The van der Waals surface area contributed by atoms with Crippen molar-refractivity contribution in [3.05, 3.63) is 81.8 Å². The molecule has 1 N–H and O–H groups in total. The van der Waals surface area contributed by atoms with Crippen LogP contribution in [0.25, 0.3) is 0 Å². The maximum atomic E-state index is 12.9. The van der Waals surface area contributed by atoms with E-state index in [0.717, 1.165) is 23.4 Å². The first-order valence-corrected chi connectivity index (χ1v) is 13.3. The molecule has 0 bridgehead atoms. The Morgan fingerprint density at radius 2 is 1.66 bits per heavy atom. The molecule has 0 unspecified atom stereocenters. The highest BCUT2D eigenvalue weighted by molar-refractivity contribution is 6.33. The van der Waals surface area contributed by atoms with E-state index in [1.165, 1.54) is 0 Å². The van der Waals surface area contributed by atoms with Crippen LogP contribution in [0.3, 0.4) is 0 Å². The fourth-order valence-electron chi connectivity index (χ4n) is 4.20. The molecule has 1 saturated heterocycles. The van der Waals surface area contributed by atoms with Crippen LogP contribution in [-0.2, 0) is 4.79 Å². The number of anilines is 2. The second-order valence-corrected chi connectivity index (χ2v) is 9.91. The third-order valence-electron chi connectivity index (χ3n) is 6.21. The molecule has 2 amide bonds. The van der Waals surface area contributed by atoms with Gasteiger partial charge >= 0.3 is 0 Å². The Labute approximate surface area is 233 Å². The summed E-state index contributed by atoms with van der Waals surface area (Å²) in [6.07, 6.45) is 0.937. The first-order chi connectivity index (χ1) is 18.3. The number of rotatable bonds is 9. The van der Waals surface area contributed by atoms with E-state index in [-0.39, 0.29) is 18.4 Å². The van der Waals surface area contributed by atoms with E-state index in [4.69, 9.17) is 32.7 Å². The number of aryl methyl sites for hydroxylation is 1. The third-order valence-corrected chi connectivity index (χ3v) is 6.75. The standard InChI is InChI=1S/C29H31Cl2N3O4/c1-3-16-37-24-8-4-21(5-9-24)29(36)34-14-12-33(13-15-34)26-10-7-23(18-25(26)31)32-28(35)19-38-27-11-6-22(30)17-20(27)2/h4-11,17-18H,3,12-16,19H2,1-2H3,(H,32,35). The predicted octanol–water partition coefficient (Wildman–Crippen LogP) is 6.07. The third kappa shape index (κ3) is 7.11. The van der Waals surface area contributed by atoms with Gasteiger partial charge in [0.1, 0.15) is 11.5 Å². The Balaban J connectivity index is 1.28. The lowest BCUT2D eigenvalue weighted by Gasteiger charge is -2.36. The van der Waals surface area contributed by atoms with Crippen molar-refractivity contribution in [1.82, 2.24) is 4.90 Å². The van der Waals surface area contributed by atoms with Crippen LogP contribution in [0.15, 0.2) is 60.7 Å². The number of carbonyl (C=O) groups excluding carboxylic acids is 2. The minimum atomic E-state index is -0.291. The average molecular weight is 556 g/mol. The second-order valence-electron chi connectivity index (χ2n) is 9.06. The normalized spacial score (nSPS) is 13.3. The lowest BCUT2D eigenvalue weighted by Crippen LogP contribution is -2.48. The molecule has 3 aromatic rings. The van der Waals surface area contributed by atoms with E-state index in [9.17, 15) is 9.59 Å². The first-order valence-electron chi connectivity index (χ1n) is 12.6. The summed E-state index contributed by atoms with van der Waals surface area (Å²) in [5.74, 6) is 1.09. The molecule has 7 nitrogen and oxygen atoms in total. The van der Waals surface area contributed by atoms with E-state index in [1.807, 2.05) is 48.2 Å². The second kappa shape index (κ2) is 12.9. The van der Waals surface area contributed by atoms with Gasteiger partial charge in [0.05, 0.1) is 17.3 Å². The molecule has 1 heterocycles. The number of hydrogen-bond acceptors (Lipinski definition) is 5. The lowest BCUT2D eigenvalue weighted by molar-refractivity contribution is -0.118. The largest absolute Gasteiger partial charge is 0.494 e. The molecule has 4 rings (SSSR count). The van der Waals surface area contributed by atoms with E-state index in [1.54, 1.807) is 24.3 Å². The van der Waals surface area contributed by atoms with Gasteiger partial charge in [0, 0.05) is 42.5 Å². The van der Waals surface area contributed by atoms with Gasteiger partial charge in [-0.15, -0.1) is 0 Å². The first kappa shape index (κ1) is 27.6. The summed E-state index contributed by atoms with van der Waals surface area (Å²) in [4.78, 5) is 29.3. The van der Waals surface area contributed by atoms with Crippen LogP contribution in [0, 0.1) is 6.92 Å². The summed E-state index contributed by atoms with van der Waals surface area (Å²) in [7, 11) is 0. The monoisotopic (exact) mass is 555 g/mol. The fourth-order valence-corrected chi connectivity index (χ4v) is 4.73. The van der Waals surface area contributed by atoms with E-state index in [2.05, 4.69) is 17.1 Å². The lowest BCUT2D eigenvalue weighted by atomic mass is 10.1. The van der Waals surface area contributed by atoms with Crippen molar-refractivity contribution in [3.63, 3.8) is 0 Å². The van der Waals surface area contributed by atoms with Crippen LogP contribution in [0.1, 0.15) is 29.3 Å². The van der Waals surface area contributed by atoms with E-state index >= 15 is 0 Å². The number of ether oxygens (including phenoxy) is 2. The van der Waals surface area contributed by atoms with Gasteiger partial charge in [-0.1, -0.05) is 30.1 Å². The van der Waals surface area contributed by atoms with Gasteiger partial charge in [-0.25, -0.2) is 0 Å². The summed E-state index contributed by atoms with van der Waals surface area (Å²) in [5, 5.41) is 3.96. The number of nitrogens with one attached hydrogen (secondary N) is 1. The minimum Gasteiger partial charge on any atom is -0.494 e. The van der Waals surface area contributed by atoms with Gasteiger partial charge in [-0.05, 0) is 79.6 Å². The van der Waals surface area contributed by atoms with Crippen LogP contribution < -0.4 is 19.7 Å². The Morgan fingerprint density at radius 3 is 2.32 bits per heavy atom. The Bertz CT molecular complexity index is 1280. The van der Waals surface area contributed by atoms with Crippen LogP contribution in [0.4, 0.5) is 11.4 Å². The molecule has 38 heavy (non-hydrogen) atoms. The Hall–Kier alpha value is -3.42. The highest BCUT2D eigenvalue weighted by Gasteiger charge is 2.23. The average Bonchev–Trinajstić information content (AvgIpc) is 2.91. The summed E-state index contributed by atoms with van der Waals surface area (Å²) >= 11 is 12.5. The molecule has 0 saturated carbocycles. The van der Waals surface area contributed by atoms with Crippen molar-refractivity contribution in [2.45, 2.75) is 20.3 Å².